The topological polar surface area (TPSA) is 66.8 Å². The smallest absolute Gasteiger partial charge is 0.294 e. The number of anilines is 1. The quantitative estimate of drug-likeness (QED) is 0.635. The second kappa shape index (κ2) is 8.45. The van der Waals surface area contributed by atoms with Crippen LogP contribution in [0.25, 0.3) is 0 Å². The molecule has 1 N–H and O–H groups in total. The van der Waals surface area contributed by atoms with Gasteiger partial charge in [0.25, 0.3) is 5.91 Å². The molecule has 1 aliphatic heterocycles. The fourth-order valence-electron chi connectivity index (χ4n) is 3.86. The molecule has 2 aromatic rings. The van der Waals surface area contributed by atoms with Gasteiger partial charge in [0.05, 0.1) is 18.2 Å². The molecule has 5 nitrogen and oxygen atoms in total. The van der Waals surface area contributed by atoms with E-state index in [0.717, 1.165) is 11.1 Å². The number of ketones is 1. The maximum absolute atomic E-state index is 13.3. The average Bonchev–Trinajstić information content (AvgIpc) is 2.98. The predicted molar refractivity (Wildman–Crippen MR) is 127 cm³/mol. The van der Waals surface area contributed by atoms with E-state index in [2.05, 4.69) is 20.8 Å². The number of aliphatic hydroxyl groups excluding tert-OH is 1. The van der Waals surface area contributed by atoms with Crippen molar-refractivity contribution < 1.29 is 19.4 Å². The van der Waals surface area contributed by atoms with Crippen LogP contribution < -0.4 is 9.64 Å². The van der Waals surface area contributed by atoms with Crippen LogP contribution in [0.5, 0.6) is 5.75 Å². The van der Waals surface area contributed by atoms with E-state index in [-0.39, 0.29) is 16.8 Å². The minimum Gasteiger partial charge on any atom is -0.503 e. The third kappa shape index (κ3) is 4.43. The van der Waals surface area contributed by atoms with Crippen LogP contribution >= 0.6 is 0 Å². The Kier molecular flexibility index (Phi) is 6.23. The van der Waals surface area contributed by atoms with Crippen LogP contribution in [0.2, 0.25) is 0 Å². The summed E-state index contributed by atoms with van der Waals surface area (Å²) >= 11 is 0. The number of rotatable bonds is 5. The Balaban J connectivity index is 2.14. The third-order valence-electron chi connectivity index (χ3n) is 5.65. The average molecular weight is 436 g/mol. The first kappa shape index (κ1) is 23.6. The molecule has 0 fully saturated rings. The van der Waals surface area contributed by atoms with Crippen LogP contribution in [-0.2, 0) is 15.0 Å². The summed E-state index contributed by atoms with van der Waals surface area (Å²) in [6, 6.07) is 14.3. The maximum atomic E-state index is 13.3. The molecule has 0 spiro atoms. The predicted octanol–water partition coefficient (Wildman–Crippen LogP) is 5.90. The molecule has 32 heavy (non-hydrogen) atoms. The number of carbonyl (C=O) groups is 2. The number of hydrogen-bond acceptors (Lipinski definition) is 4. The van der Waals surface area contributed by atoms with E-state index in [9.17, 15) is 14.7 Å². The van der Waals surface area contributed by atoms with Crippen LogP contribution in [0, 0.1) is 5.41 Å². The number of carbonyl (C=O) groups excluding carboxylic acids is 2. The summed E-state index contributed by atoms with van der Waals surface area (Å²) in [4.78, 5) is 28.0. The molecule has 1 heterocycles. The fraction of sp³-hybridized carbons (Fsp3) is 0.407. The molecule has 1 aliphatic rings. The van der Waals surface area contributed by atoms with Crippen LogP contribution in [-0.4, -0.2) is 23.4 Å². The number of ether oxygens (including phenoxy) is 1. The Morgan fingerprint density at radius 3 is 2.00 bits per heavy atom. The summed E-state index contributed by atoms with van der Waals surface area (Å²) in [5.74, 6) is -0.616. The van der Waals surface area contributed by atoms with Gasteiger partial charge in [-0.25, -0.2) is 0 Å². The zero-order valence-corrected chi connectivity index (χ0v) is 20.0. The summed E-state index contributed by atoms with van der Waals surface area (Å²) in [6.45, 7) is 14.2. The molecule has 1 unspecified atom stereocenters. The van der Waals surface area contributed by atoms with E-state index in [0.29, 0.717) is 18.0 Å². The lowest BCUT2D eigenvalue weighted by molar-refractivity contribution is -0.123. The van der Waals surface area contributed by atoms with Gasteiger partial charge in [-0.05, 0) is 47.7 Å². The summed E-state index contributed by atoms with van der Waals surface area (Å²) in [6.07, 6.45) is 0. The zero-order valence-electron chi connectivity index (χ0n) is 20.0. The Morgan fingerprint density at radius 2 is 1.53 bits per heavy atom. The first-order valence-electron chi connectivity index (χ1n) is 11.0. The van der Waals surface area contributed by atoms with Crippen molar-refractivity contribution in [3.63, 3.8) is 0 Å². The van der Waals surface area contributed by atoms with E-state index in [1.807, 2.05) is 31.2 Å². The van der Waals surface area contributed by atoms with Gasteiger partial charge in [0.1, 0.15) is 5.75 Å². The molecule has 0 radical (unpaired) electrons. The number of aliphatic hydroxyl groups is 1. The monoisotopic (exact) mass is 435 g/mol. The Hall–Kier alpha value is -3.08. The van der Waals surface area contributed by atoms with E-state index < -0.39 is 23.1 Å². The molecule has 3 rings (SSSR count). The van der Waals surface area contributed by atoms with Crippen molar-refractivity contribution >= 4 is 17.4 Å². The number of amides is 1. The molecule has 0 aromatic heterocycles. The SMILES string of the molecule is CCOc1ccc(N2C(=O)C(O)=C(C(=O)C(C)(C)C)C2c2ccc(C(C)(C)C)cc2)cc1. The zero-order chi connectivity index (χ0) is 23.8. The lowest BCUT2D eigenvalue weighted by Crippen LogP contribution is -2.32. The molecule has 0 saturated carbocycles. The van der Waals surface area contributed by atoms with E-state index >= 15 is 0 Å². The maximum Gasteiger partial charge on any atom is 0.294 e. The highest BCUT2D eigenvalue weighted by molar-refractivity contribution is 6.17. The minimum absolute atomic E-state index is 0.0269. The highest BCUT2D eigenvalue weighted by atomic mass is 16.5. The van der Waals surface area contributed by atoms with Crippen molar-refractivity contribution in [3.05, 3.63) is 71.0 Å². The van der Waals surface area contributed by atoms with Crippen molar-refractivity contribution in [1.29, 1.82) is 0 Å². The molecule has 0 aliphatic carbocycles. The Labute approximate surface area is 190 Å². The number of benzene rings is 2. The third-order valence-corrected chi connectivity index (χ3v) is 5.65. The highest BCUT2D eigenvalue weighted by Crippen LogP contribution is 2.44. The van der Waals surface area contributed by atoms with E-state index in [1.54, 1.807) is 45.0 Å². The molecule has 5 heteroatoms. The Morgan fingerprint density at radius 1 is 0.969 bits per heavy atom. The van der Waals surface area contributed by atoms with Gasteiger partial charge in [0.15, 0.2) is 11.5 Å². The van der Waals surface area contributed by atoms with Crippen LogP contribution in [0.15, 0.2) is 59.9 Å². The first-order chi connectivity index (χ1) is 14.9. The van der Waals surface area contributed by atoms with Gasteiger partial charge in [0, 0.05) is 11.1 Å². The van der Waals surface area contributed by atoms with Crippen LogP contribution in [0.3, 0.4) is 0 Å². The molecular weight excluding hydrogens is 402 g/mol. The van der Waals surface area contributed by atoms with Crippen molar-refractivity contribution in [2.24, 2.45) is 5.41 Å². The summed E-state index contributed by atoms with van der Waals surface area (Å²) in [5.41, 5.74) is 1.88. The van der Waals surface area contributed by atoms with Crippen molar-refractivity contribution in [3.8, 4) is 5.75 Å². The van der Waals surface area contributed by atoms with Gasteiger partial charge >= 0.3 is 0 Å². The molecule has 0 saturated heterocycles. The summed E-state index contributed by atoms with van der Waals surface area (Å²) in [5, 5.41) is 10.8. The number of nitrogens with zero attached hydrogens (tertiary/aromatic N) is 1. The largest absolute Gasteiger partial charge is 0.503 e. The van der Waals surface area contributed by atoms with Crippen molar-refractivity contribution in [2.75, 3.05) is 11.5 Å². The summed E-state index contributed by atoms with van der Waals surface area (Å²) in [7, 11) is 0. The summed E-state index contributed by atoms with van der Waals surface area (Å²) < 4.78 is 5.51. The minimum atomic E-state index is -0.748. The van der Waals surface area contributed by atoms with Crippen molar-refractivity contribution in [1.82, 2.24) is 0 Å². The van der Waals surface area contributed by atoms with Gasteiger partial charge in [-0.15, -0.1) is 0 Å². The normalized spacial score (nSPS) is 17.2. The molecule has 2 aromatic carbocycles. The molecule has 1 amide bonds. The van der Waals surface area contributed by atoms with E-state index in [4.69, 9.17) is 4.74 Å². The Bertz CT molecular complexity index is 1040. The van der Waals surface area contributed by atoms with Gasteiger partial charge < -0.3 is 9.84 Å². The molecule has 170 valence electrons. The van der Waals surface area contributed by atoms with Gasteiger partial charge in [-0.3, -0.25) is 14.5 Å². The lowest BCUT2D eigenvalue weighted by Gasteiger charge is -2.29. The fourth-order valence-corrected chi connectivity index (χ4v) is 3.86. The highest BCUT2D eigenvalue weighted by Gasteiger charge is 2.46. The molecular formula is C27H33NO4. The van der Waals surface area contributed by atoms with Crippen LogP contribution in [0.4, 0.5) is 5.69 Å². The molecule has 0 bridgehead atoms. The molecule has 1 atom stereocenters. The lowest BCUT2D eigenvalue weighted by atomic mass is 9.81. The van der Waals surface area contributed by atoms with E-state index in [1.165, 1.54) is 4.90 Å². The van der Waals surface area contributed by atoms with Crippen molar-refractivity contribution in [2.45, 2.75) is 59.9 Å². The van der Waals surface area contributed by atoms with Crippen LogP contribution in [0.1, 0.15) is 65.6 Å². The standard InChI is InChI=1S/C27H33NO4/c1-8-32-20-15-13-19(14-16-20)28-22(17-9-11-18(12-10-17)26(2,3)4)21(23(29)25(28)31)24(30)27(5,6)7/h9-16,22,29H,8H2,1-7H3. The van der Waals surface area contributed by atoms with Gasteiger partial charge in [-0.1, -0.05) is 65.8 Å². The number of Topliss-reactive ketones (excluding diaryl/α,β-unsaturated/α-hetero) is 1. The van der Waals surface area contributed by atoms with Gasteiger partial charge in [-0.2, -0.15) is 0 Å². The second-order valence-electron chi connectivity index (χ2n) is 10.2. The number of hydrogen-bond donors (Lipinski definition) is 1. The van der Waals surface area contributed by atoms with Gasteiger partial charge in [0.2, 0.25) is 0 Å². The first-order valence-corrected chi connectivity index (χ1v) is 11.0. The second-order valence-corrected chi connectivity index (χ2v) is 10.2.